The van der Waals surface area contributed by atoms with Crippen molar-refractivity contribution in [3.8, 4) is 0 Å². The van der Waals surface area contributed by atoms with Gasteiger partial charge in [-0.05, 0) is 68.7 Å². The molecule has 0 aromatic heterocycles. The van der Waals surface area contributed by atoms with Gasteiger partial charge in [0.05, 0.1) is 31.2 Å². The second-order valence-corrected chi connectivity index (χ2v) is 19.6. The lowest BCUT2D eigenvalue weighted by atomic mass is 9.88. The molecule has 0 aliphatic heterocycles. The Hall–Kier alpha value is -5.21. The van der Waals surface area contributed by atoms with E-state index in [0.29, 0.717) is 12.8 Å². The Balaban J connectivity index is 1.98. The van der Waals surface area contributed by atoms with Gasteiger partial charge in [0, 0.05) is 56.8 Å². The summed E-state index contributed by atoms with van der Waals surface area (Å²) in [5.74, 6) is -5.07. The van der Waals surface area contributed by atoms with Crippen LogP contribution in [0.4, 0.5) is 0 Å². The third kappa shape index (κ3) is 23.3. The molecule has 15 nitrogen and oxygen atoms in total. The van der Waals surface area contributed by atoms with Gasteiger partial charge in [-0.3, -0.25) is 47.9 Å². The maximum Gasteiger partial charge on any atom is 0.223 e. The quantitative estimate of drug-likeness (QED) is 0.0505. The molecular formula is C49H69BN5O10P. The molecule has 0 spiro atoms. The number of nitrogens with two attached hydrogens (primary N) is 1. The lowest BCUT2D eigenvalue weighted by Gasteiger charge is -2.23. The molecule has 0 aliphatic carbocycles. The first-order chi connectivity index (χ1) is 31.1. The maximum absolute atomic E-state index is 13.7. The number of ketones is 5. The number of nitrogens with one attached hydrogen (secondary N) is 4. The molecule has 0 saturated heterocycles. The molecule has 17 heteroatoms. The Labute approximate surface area is 392 Å². The third-order valence-corrected chi connectivity index (χ3v) is 11.8. The second-order valence-electron chi connectivity index (χ2n) is 17.9. The Morgan fingerprint density at radius 2 is 1.02 bits per heavy atom. The SMILES string of the molecule is [B]P(C)C(=O)CNC(=O)C(CC(=O)C(Cc1ccccc1)NC(=O)CCC(=O)CCC(N)C(=O)CCC(=O)NC(Cc1ccccc1)C(=O)CC(CC(C)C)C(=O)NCC(C)=O)CC(C)C. The molecule has 2 radical (unpaired) electrons. The summed E-state index contributed by atoms with van der Waals surface area (Å²) in [4.78, 5) is 129. The predicted molar refractivity (Wildman–Crippen MR) is 255 cm³/mol. The van der Waals surface area contributed by atoms with E-state index < -0.39 is 67.2 Å². The standard InChI is InChI=1S/C49H69BN5O10P/c1-31(2)23-36(48(64)52-29-33(5)56)27-43(59)41(26-35-15-11-8-12-16-35)55-46(62)22-20-42(58)39(51)19-17-38(57)18-21-45(61)54-40(25-34-13-9-7-10-14-34)44(60)28-37(24-32(3)4)49(65)53-30-47(63)66(6)50/h7-16,31-32,36-37,39-41H,17-30,51H2,1-6H3,(H,52,64)(H,53,65)(H,54,61)(H,55,62). The number of hydrogen-bond acceptors (Lipinski definition) is 11. The normalized spacial score (nSPS) is 13.9. The van der Waals surface area contributed by atoms with Gasteiger partial charge in [0.1, 0.15) is 24.9 Å². The van der Waals surface area contributed by atoms with E-state index in [-0.39, 0.29) is 118 Å². The Morgan fingerprint density at radius 3 is 1.42 bits per heavy atom. The van der Waals surface area contributed by atoms with E-state index >= 15 is 0 Å². The van der Waals surface area contributed by atoms with Crippen LogP contribution in [0.5, 0.6) is 0 Å². The summed E-state index contributed by atoms with van der Waals surface area (Å²) in [6, 6.07) is 15.0. The van der Waals surface area contributed by atoms with Crippen LogP contribution in [0, 0.1) is 23.7 Å². The fourth-order valence-electron chi connectivity index (χ4n) is 7.26. The molecule has 6 N–H and O–H groups in total. The zero-order chi connectivity index (χ0) is 49.3. The second kappa shape index (κ2) is 30.2. The van der Waals surface area contributed by atoms with Crippen molar-refractivity contribution in [3.05, 3.63) is 71.8 Å². The Morgan fingerprint density at radius 1 is 0.591 bits per heavy atom. The molecule has 2 aromatic carbocycles. The van der Waals surface area contributed by atoms with Gasteiger partial charge in [0.2, 0.25) is 23.6 Å². The van der Waals surface area contributed by atoms with Crippen molar-refractivity contribution in [3.63, 3.8) is 0 Å². The molecule has 0 aliphatic rings. The van der Waals surface area contributed by atoms with Crippen LogP contribution in [0.2, 0.25) is 0 Å². The minimum Gasteiger partial charge on any atom is -0.349 e. The number of hydrogen-bond donors (Lipinski definition) is 5. The monoisotopic (exact) mass is 929 g/mol. The van der Waals surface area contributed by atoms with E-state index in [9.17, 15) is 47.9 Å². The third-order valence-electron chi connectivity index (χ3n) is 10.9. The van der Waals surface area contributed by atoms with E-state index in [1.54, 1.807) is 30.9 Å². The predicted octanol–water partition coefficient (Wildman–Crippen LogP) is 4.03. The number of amides is 4. The highest BCUT2D eigenvalue weighted by molar-refractivity contribution is 7.94. The molecule has 4 amide bonds. The summed E-state index contributed by atoms with van der Waals surface area (Å²) in [6.07, 6.45) is -0.329. The highest BCUT2D eigenvalue weighted by Gasteiger charge is 2.31. The van der Waals surface area contributed by atoms with Gasteiger partial charge < -0.3 is 27.0 Å². The topological polar surface area (TPSA) is 245 Å². The molecule has 0 saturated carbocycles. The lowest BCUT2D eigenvalue weighted by molar-refractivity contribution is -0.133. The highest BCUT2D eigenvalue weighted by atomic mass is 31.1. The van der Waals surface area contributed by atoms with Crippen LogP contribution >= 0.6 is 7.80 Å². The Bertz CT molecular complexity index is 1960. The minimum absolute atomic E-state index is 0.0236. The average molecular weight is 930 g/mol. The van der Waals surface area contributed by atoms with Gasteiger partial charge in [-0.2, -0.15) is 0 Å². The van der Waals surface area contributed by atoms with Crippen molar-refractivity contribution in [2.75, 3.05) is 19.8 Å². The van der Waals surface area contributed by atoms with Crippen molar-refractivity contribution in [1.82, 2.24) is 21.3 Å². The van der Waals surface area contributed by atoms with Crippen LogP contribution in [0.25, 0.3) is 0 Å². The van der Waals surface area contributed by atoms with E-state index in [4.69, 9.17) is 13.3 Å². The maximum atomic E-state index is 13.7. The molecule has 358 valence electrons. The van der Waals surface area contributed by atoms with Gasteiger partial charge in [0.25, 0.3) is 0 Å². The fraction of sp³-hybridized carbons (Fsp3) is 0.551. The summed E-state index contributed by atoms with van der Waals surface area (Å²) in [5.41, 5.74) is 7.39. The van der Waals surface area contributed by atoms with Crippen molar-refractivity contribution in [2.24, 2.45) is 29.4 Å². The van der Waals surface area contributed by atoms with Crippen LogP contribution in [0.3, 0.4) is 0 Å². The summed E-state index contributed by atoms with van der Waals surface area (Å²) in [6.45, 7) is 10.2. The summed E-state index contributed by atoms with van der Waals surface area (Å²) in [7, 11) is 4.31. The minimum atomic E-state index is -1.38. The molecule has 0 fully saturated rings. The molecule has 2 aromatic rings. The number of rotatable bonds is 33. The summed E-state index contributed by atoms with van der Waals surface area (Å²) in [5, 5.41) is 10.7. The summed E-state index contributed by atoms with van der Waals surface area (Å²) >= 11 is 0. The first-order valence-electron chi connectivity index (χ1n) is 22.7. The zero-order valence-corrected chi connectivity index (χ0v) is 40.3. The van der Waals surface area contributed by atoms with Gasteiger partial charge in [0.15, 0.2) is 17.1 Å². The first kappa shape index (κ1) is 56.9. The molecule has 6 unspecified atom stereocenters. The van der Waals surface area contributed by atoms with Crippen LogP contribution < -0.4 is 27.0 Å². The number of benzene rings is 2. The van der Waals surface area contributed by atoms with Crippen LogP contribution in [-0.4, -0.2) is 104 Å². The largest absolute Gasteiger partial charge is 0.349 e. The van der Waals surface area contributed by atoms with E-state index in [1.165, 1.54) is 6.92 Å². The van der Waals surface area contributed by atoms with Crippen LogP contribution in [0.15, 0.2) is 60.7 Å². The molecular weight excluding hydrogens is 860 g/mol. The molecule has 66 heavy (non-hydrogen) atoms. The van der Waals surface area contributed by atoms with Gasteiger partial charge in [-0.1, -0.05) is 96.2 Å². The van der Waals surface area contributed by atoms with Crippen molar-refractivity contribution < 1.29 is 47.9 Å². The average Bonchev–Trinajstić information content (AvgIpc) is 3.26. The van der Waals surface area contributed by atoms with Crippen molar-refractivity contribution >= 4 is 73.4 Å². The van der Waals surface area contributed by atoms with Crippen molar-refractivity contribution in [2.45, 2.75) is 130 Å². The fourth-order valence-corrected chi connectivity index (χ4v) is 7.59. The molecule has 6 atom stereocenters. The molecule has 2 rings (SSSR count). The van der Waals surface area contributed by atoms with Gasteiger partial charge in [-0.25, -0.2) is 0 Å². The highest BCUT2D eigenvalue weighted by Crippen LogP contribution is 2.24. The van der Waals surface area contributed by atoms with Gasteiger partial charge in [-0.15, -0.1) is 0 Å². The number of Topliss-reactive ketones (excluding diaryl/α,β-unsaturated/α-hetero) is 5. The van der Waals surface area contributed by atoms with E-state index in [2.05, 4.69) is 21.3 Å². The number of carbonyl (C=O) groups is 10. The first-order valence-corrected chi connectivity index (χ1v) is 24.6. The summed E-state index contributed by atoms with van der Waals surface area (Å²) < 4.78 is 0. The molecule has 0 heterocycles. The Kier molecular flexibility index (Phi) is 26.0. The van der Waals surface area contributed by atoms with Crippen LogP contribution in [-0.2, 0) is 60.8 Å². The van der Waals surface area contributed by atoms with Crippen LogP contribution in [0.1, 0.15) is 110 Å². The molecule has 0 bridgehead atoms. The van der Waals surface area contributed by atoms with Gasteiger partial charge >= 0.3 is 0 Å². The lowest BCUT2D eigenvalue weighted by Crippen LogP contribution is -2.45. The zero-order valence-electron chi connectivity index (χ0n) is 39.4. The van der Waals surface area contributed by atoms with E-state index in [1.807, 2.05) is 64.1 Å². The smallest absolute Gasteiger partial charge is 0.223 e. The van der Waals surface area contributed by atoms with E-state index in [0.717, 1.165) is 11.1 Å². The van der Waals surface area contributed by atoms with Crippen molar-refractivity contribution in [1.29, 1.82) is 0 Å². The number of carbonyl (C=O) groups excluding carboxylic acids is 10.